The Morgan fingerprint density at radius 3 is 2.30 bits per heavy atom. The number of nitrogens with one attached hydrogen (secondary N) is 1. The van der Waals surface area contributed by atoms with Gasteiger partial charge in [-0.25, -0.2) is 13.6 Å². The largest absolute Gasteiger partial charge is 0.324 e. The number of aryl methyl sites for hydroxylation is 1. The summed E-state index contributed by atoms with van der Waals surface area (Å²) in [6.45, 7) is 5.42. The summed E-state index contributed by atoms with van der Waals surface area (Å²) < 4.78 is 22.7. The lowest BCUT2D eigenvalue weighted by Gasteiger charge is -2.25. The Balaban J connectivity index is 3.13. The summed E-state index contributed by atoms with van der Waals surface area (Å²) in [6.07, 6.45) is 0.979. The highest BCUT2D eigenvalue weighted by molar-refractivity contribution is 7.89. The number of anilines is 1. The van der Waals surface area contributed by atoms with Gasteiger partial charge in [0, 0.05) is 5.69 Å². The van der Waals surface area contributed by atoms with Crippen LogP contribution in [0.5, 0.6) is 0 Å². The number of amides is 1. The molecule has 1 rings (SSSR count). The number of rotatable bonds is 5. The molecular weight excluding hydrogens is 278 g/mol. The first-order chi connectivity index (χ1) is 9.14. The van der Waals surface area contributed by atoms with Gasteiger partial charge in [-0.2, -0.15) is 0 Å². The van der Waals surface area contributed by atoms with Crippen molar-refractivity contribution in [1.29, 1.82) is 0 Å². The molecule has 0 bridgehead atoms. The third kappa shape index (κ3) is 3.56. The SMILES string of the molecule is CCC(N)(CC)C(=O)Nc1cc(S(N)(=O)=O)ccc1C. The molecule has 20 heavy (non-hydrogen) atoms. The second-order valence-electron chi connectivity index (χ2n) is 4.84. The van der Waals surface area contributed by atoms with Gasteiger partial charge in [0.25, 0.3) is 0 Å². The number of hydrogen-bond acceptors (Lipinski definition) is 4. The van der Waals surface area contributed by atoms with Gasteiger partial charge in [0.05, 0.1) is 10.4 Å². The first kappa shape index (κ1) is 16.6. The van der Waals surface area contributed by atoms with Gasteiger partial charge in [-0.05, 0) is 37.5 Å². The monoisotopic (exact) mass is 299 g/mol. The van der Waals surface area contributed by atoms with Gasteiger partial charge in [0.1, 0.15) is 0 Å². The molecule has 0 aromatic heterocycles. The lowest BCUT2D eigenvalue weighted by atomic mass is 9.93. The van der Waals surface area contributed by atoms with Crippen molar-refractivity contribution < 1.29 is 13.2 Å². The van der Waals surface area contributed by atoms with Crippen molar-refractivity contribution in [1.82, 2.24) is 0 Å². The minimum atomic E-state index is -3.81. The van der Waals surface area contributed by atoms with Crippen LogP contribution in [0.1, 0.15) is 32.3 Å². The number of nitrogens with two attached hydrogens (primary N) is 2. The second-order valence-corrected chi connectivity index (χ2v) is 6.40. The Labute approximate surface area is 119 Å². The van der Waals surface area contributed by atoms with Crippen LogP contribution in [-0.4, -0.2) is 19.9 Å². The van der Waals surface area contributed by atoms with E-state index < -0.39 is 15.6 Å². The molecule has 0 unspecified atom stereocenters. The number of carbonyl (C=O) groups excluding carboxylic acids is 1. The van der Waals surface area contributed by atoms with Gasteiger partial charge in [-0.15, -0.1) is 0 Å². The summed E-state index contributed by atoms with van der Waals surface area (Å²) in [5.74, 6) is -0.336. The molecule has 0 aliphatic heterocycles. The standard InChI is InChI=1S/C13H21N3O3S/c1-4-13(14,5-2)12(17)16-11-8-10(20(15,18)19)7-6-9(11)3/h6-8H,4-5,14H2,1-3H3,(H,16,17)(H2,15,18,19). The fourth-order valence-corrected chi connectivity index (χ4v) is 2.27. The minimum Gasteiger partial charge on any atom is -0.324 e. The van der Waals surface area contributed by atoms with E-state index in [1.165, 1.54) is 12.1 Å². The third-order valence-electron chi connectivity index (χ3n) is 3.50. The molecule has 0 radical (unpaired) electrons. The van der Waals surface area contributed by atoms with E-state index in [1.54, 1.807) is 13.0 Å². The van der Waals surface area contributed by atoms with E-state index >= 15 is 0 Å². The van der Waals surface area contributed by atoms with Crippen LogP contribution < -0.4 is 16.2 Å². The van der Waals surface area contributed by atoms with Crippen molar-refractivity contribution in [2.45, 2.75) is 44.0 Å². The van der Waals surface area contributed by atoms with Crippen molar-refractivity contribution in [2.75, 3.05) is 5.32 Å². The van der Waals surface area contributed by atoms with Gasteiger partial charge in [0.15, 0.2) is 0 Å². The molecule has 1 aromatic carbocycles. The number of carbonyl (C=O) groups is 1. The molecule has 0 atom stereocenters. The summed E-state index contributed by atoms with van der Waals surface area (Å²) >= 11 is 0. The van der Waals surface area contributed by atoms with E-state index in [0.717, 1.165) is 5.56 Å². The quantitative estimate of drug-likeness (QED) is 0.755. The molecule has 0 spiro atoms. The van der Waals surface area contributed by atoms with E-state index in [4.69, 9.17) is 10.9 Å². The Morgan fingerprint density at radius 2 is 1.85 bits per heavy atom. The zero-order valence-electron chi connectivity index (χ0n) is 11.9. The predicted molar refractivity (Wildman–Crippen MR) is 78.7 cm³/mol. The Hall–Kier alpha value is -1.44. The molecule has 0 aliphatic carbocycles. The fourth-order valence-electron chi connectivity index (χ4n) is 1.73. The van der Waals surface area contributed by atoms with Gasteiger partial charge in [-0.1, -0.05) is 19.9 Å². The lowest BCUT2D eigenvalue weighted by molar-refractivity contribution is -0.121. The van der Waals surface area contributed by atoms with Crippen molar-refractivity contribution >= 4 is 21.6 Å². The van der Waals surface area contributed by atoms with E-state index in [9.17, 15) is 13.2 Å². The Bertz CT molecular complexity index is 607. The molecule has 7 heteroatoms. The van der Waals surface area contributed by atoms with Crippen molar-refractivity contribution in [2.24, 2.45) is 10.9 Å². The summed E-state index contributed by atoms with van der Waals surface area (Å²) in [6, 6.07) is 4.33. The van der Waals surface area contributed by atoms with Crippen LogP contribution in [0.3, 0.4) is 0 Å². The summed E-state index contributed by atoms with van der Waals surface area (Å²) in [7, 11) is -3.81. The van der Waals surface area contributed by atoms with Crippen LogP contribution in [0.4, 0.5) is 5.69 Å². The molecular formula is C13H21N3O3S. The van der Waals surface area contributed by atoms with Gasteiger partial charge in [0.2, 0.25) is 15.9 Å². The number of benzene rings is 1. The molecule has 0 aliphatic rings. The average molecular weight is 299 g/mol. The highest BCUT2D eigenvalue weighted by Crippen LogP contribution is 2.22. The third-order valence-corrected chi connectivity index (χ3v) is 4.41. The Kier molecular flexibility index (Phi) is 4.90. The van der Waals surface area contributed by atoms with Gasteiger partial charge >= 0.3 is 0 Å². The van der Waals surface area contributed by atoms with Crippen LogP contribution in [0, 0.1) is 6.92 Å². The van der Waals surface area contributed by atoms with Crippen LogP contribution in [0.2, 0.25) is 0 Å². The van der Waals surface area contributed by atoms with Crippen LogP contribution >= 0.6 is 0 Å². The predicted octanol–water partition coefficient (Wildman–Crippen LogP) is 1.10. The van der Waals surface area contributed by atoms with Crippen molar-refractivity contribution in [3.05, 3.63) is 23.8 Å². The molecule has 1 amide bonds. The lowest BCUT2D eigenvalue weighted by Crippen LogP contribution is -2.50. The number of primary sulfonamides is 1. The molecule has 6 nitrogen and oxygen atoms in total. The molecule has 0 saturated heterocycles. The van der Waals surface area contributed by atoms with E-state index in [1.807, 2.05) is 13.8 Å². The fraction of sp³-hybridized carbons (Fsp3) is 0.462. The number of hydrogen-bond donors (Lipinski definition) is 3. The minimum absolute atomic E-state index is 0.0472. The Morgan fingerprint density at radius 1 is 1.30 bits per heavy atom. The van der Waals surface area contributed by atoms with Gasteiger partial charge < -0.3 is 11.1 Å². The normalized spacial score (nSPS) is 12.2. The van der Waals surface area contributed by atoms with Gasteiger partial charge in [-0.3, -0.25) is 4.79 Å². The highest BCUT2D eigenvalue weighted by atomic mass is 32.2. The molecule has 0 saturated carbocycles. The molecule has 1 aromatic rings. The topological polar surface area (TPSA) is 115 Å². The van der Waals surface area contributed by atoms with E-state index in [2.05, 4.69) is 5.32 Å². The van der Waals surface area contributed by atoms with E-state index in [-0.39, 0.29) is 10.8 Å². The van der Waals surface area contributed by atoms with Crippen molar-refractivity contribution in [3.8, 4) is 0 Å². The van der Waals surface area contributed by atoms with Crippen LogP contribution in [0.15, 0.2) is 23.1 Å². The molecule has 5 N–H and O–H groups in total. The summed E-state index contributed by atoms with van der Waals surface area (Å²) in [5.41, 5.74) is 6.18. The zero-order valence-corrected chi connectivity index (χ0v) is 12.8. The van der Waals surface area contributed by atoms with Crippen LogP contribution in [0.25, 0.3) is 0 Å². The molecule has 0 heterocycles. The highest BCUT2D eigenvalue weighted by Gasteiger charge is 2.30. The molecule has 112 valence electrons. The summed E-state index contributed by atoms with van der Waals surface area (Å²) in [5, 5.41) is 7.76. The first-order valence-corrected chi connectivity index (χ1v) is 7.92. The maximum Gasteiger partial charge on any atom is 0.244 e. The van der Waals surface area contributed by atoms with E-state index in [0.29, 0.717) is 18.5 Å². The molecule has 0 fully saturated rings. The van der Waals surface area contributed by atoms with Crippen molar-refractivity contribution in [3.63, 3.8) is 0 Å². The summed E-state index contributed by atoms with van der Waals surface area (Å²) in [4.78, 5) is 12.1. The number of sulfonamides is 1. The van der Waals surface area contributed by atoms with Crippen LogP contribution in [-0.2, 0) is 14.8 Å². The maximum absolute atomic E-state index is 12.2. The maximum atomic E-state index is 12.2. The first-order valence-electron chi connectivity index (χ1n) is 6.38. The average Bonchev–Trinajstić information content (AvgIpc) is 2.38. The second kappa shape index (κ2) is 5.90. The smallest absolute Gasteiger partial charge is 0.244 e. The zero-order chi connectivity index (χ0) is 15.6.